The molecule has 69 heavy (non-hydrogen) atoms. The Morgan fingerprint density at radius 2 is 1.13 bits per heavy atom. The molecular formula is C49H63Cl2N11O7. The summed E-state index contributed by atoms with van der Waals surface area (Å²) in [6.45, 7) is 13.6. The van der Waals surface area contributed by atoms with Gasteiger partial charge in [0, 0.05) is 109 Å². The normalized spacial score (nSPS) is 11.8. The van der Waals surface area contributed by atoms with Crippen LogP contribution in [0.25, 0.3) is 0 Å². The minimum Gasteiger partial charge on any atom is -0.484 e. The van der Waals surface area contributed by atoms with E-state index in [1.807, 2.05) is 58.0 Å². The van der Waals surface area contributed by atoms with Gasteiger partial charge in [0.2, 0.25) is 5.91 Å². The average Bonchev–Trinajstić information content (AvgIpc) is 3.37. The fourth-order valence-corrected chi connectivity index (χ4v) is 5.61. The number of nitrogens with one attached hydrogen (secondary N) is 8. The van der Waals surface area contributed by atoms with Gasteiger partial charge in [0.1, 0.15) is 5.75 Å². The predicted molar refractivity (Wildman–Crippen MR) is 267 cm³/mol. The van der Waals surface area contributed by atoms with E-state index in [9.17, 15) is 24.0 Å². The molecule has 0 radical (unpaired) electrons. The Labute approximate surface area is 413 Å². The molecule has 3 heterocycles. The van der Waals surface area contributed by atoms with E-state index in [1.165, 1.54) is 0 Å². The SMILES string of the molecule is CC(C)NNC(=O)COc1ccc(Cl)cc1.CC(C)NNC(=O)c1ccncc1.O=C(CCNNC(=O)c1ccncc1)NCc1ccccc1.O=C(NCCN1CCOCC1)c1ccc(Cl)cc1. The second kappa shape index (κ2) is 33.9. The maximum absolute atomic E-state index is 11.8. The van der Waals surface area contributed by atoms with Crippen LogP contribution in [0.5, 0.6) is 5.75 Å². The van der Waals surface area contributed by atoms with Crippen molar-refractivity contribution < 1.29 is 33.4 Å². The maximum Gasteiger partial charge on any atom is 0.271 e. The Morgan fingerprint density at radius 1 is 0.609 bits per heavy atom. The van der Waals surface area contributed by atoms with Crippen molar-refractivity contribution in [2.75, 3.05) is 52.5 Å². The van der Waals surface area contributed by atoms with E-state index in [-0.39, 0.29) is 54.6 Å². The number of amides is 5. The number of rotatable bonds is 19. The Balaban J connectivity index is 0.000000248. The van der Waals surface area contributed by atoms with Gasteiger partial charge in [0.05, 0.1) is 13.2 Å². The summed E-state index contributed by atoms with van der Waals surface area (Å²) in [5, 5.41) is 7.00. The molecule has 1 aliphatic heterocycles. The Hall–Kier alpha value is -6.51. The highest BCUT2D eigenvalue weighted by atomic mass is 35.5. The van der Waals surface area contributed by atoms with Crippen molar-refractivity contribution in [1.29, 1.82) is 0 Å². The van der Waals surface area contributed by atoms with E-state index in [0.717, 1.165) is 38.4 Å². The van der Waals surface area contributed by atoms with Crippen molar-refractivity contribution in [2.45, 2.75) is 52.7 Å². The molecule has 5 aromatic rings. The first kappa shape index (κ1) is 56.8. The summed E-state index contributed by atoms with van der Waals surface area (Å²) in [5.41, 5.74) is 18.8. The number of ether oxygens (including phenoxy) is 2. The van der Waals surface area contributed by atoms with Gasteiger partial charge in [-0.1, -0.05) is 53.5 Å². The first-order chi connectivity index (χ1) is 33.3. The van der Waals surface area contributed by atoms with Crippen molar-refractivity contribution in [3.63, 3.8) is 0 Å². The number of pyridine rings is 2. The van der Waals surface area contributed by atoms with Crippen LogP contribution in [0.3, 0.4) is 0 Å². The number of hydrogen-bond acceptors (Lipinski definition) is 13. The lowest BCUT2D eigenvalue weighted by molar-refractivity contribution is -0.124. The average molecular weight is 989 g/mol. The second-order valence-electron chi connectivity index (χ2n) is 15.4. The van der Waals surface area contributed by atoms with Gasteiger partial charge >= 0.3 is 0 Å². The summed E-state index contributed by atoms with van der Waals surface area (Å²) in [7, 11) is 0. The molecule has 8 N–H and O–H groups in total. The van der Waals surface area contributed by atoms with Crippen molar-refractivity contribution in [1.82, 2.24) is 58.1 Å². The van der Waals surface area contributed by atoms with Gasteiger partial charge in [0.15, 0.2) is 6.61 Å². The van der Waals surface area contributed by atoms with Crippen LogP contribution in [0.15, 0.2) is 128 Å². The van der Waals surface area contributed by atoms with Crippen LogP contribution in [0.1, 0.15) is 70.8 Å². The van der Waals surface area contributed by atoms with Crippen molar-refractivity contribution in [2.24, 2.45) is 0 Å². The number of aromatic nitrogens is 2. The highest BCUT2D eigenvalue weighted by Crippen LogP contribution is 2.15. The topological polar surface area (TPSA) is 229 Å². The second-order valence-corrected chi connectivity index (χ2v) is 16.3. The number of carbonyl (C=O) groups is 5. The monoisotopic (exact) mass is 987 g/mol. The van der Waals surface area contributed by atoms with Gasteiger partial charge < -0.3 is 20.1 Å². The van der Waals surface area contributed by atoms with Crippen molar-refractivity contribution in [3.8, 4) is 5.75 Å². The molecule has 20 heteroatoms. The molecule has 18 nitrogen and oxygen atoms in total. The van der Waals surface area contributed by atoms with E-state index in [0.29, 0.717) is 52.1 Å². The fraction of sp³-hybridized carbons (Fsp3) is 0.327. The largest absolute Gasteiger partial charge is 0.484 e. The zero-order valence-electron chi connectivity index (χ0n) is 39.3. The molecule has 0 spiro atoms. The number of benzene rings is 3. The molecule has 3 aromatic carbocycles. The lowest BCUT2D eigenvalue weighted by Gasteiger charge is -2.26. The molecule has 1 saturated heterocycles. The highest BCUT2D eigenvalue weighted by molar-refractivity contribution is 6.30. The number of hydrazine groups is 3. The van der Waals surface area contributed by atoms with E-state index >= 15 is 0 Å². The molecule has 2 aromatic heterocycles. The van der Waals surface area contributed by atoms with Gasteiger partial charge in [-0.05, 0) is 106 Å². The zero-order valence-corrected chi connectivity index (χ0v) is 40.8. The van der Waals surface area contributed by atoms with Crippen LogP contribution in [0, 0.1) is 0 Å². The molecule has 6 rings (SSSR count). The third kappa shape index (κ3) is 26.6. The van der Waals surface area contributed by atoms with E-state index < -0.39 is 0 Å². The van der Waals surface area contributed by atoms with E-state index in [4.69, 9.17) is 32.7 Å². The number of nitrogens with zero attached hydrogens (tertiary/aromatic N) is 3. The lowest BCUT2D eigenvalue weighted by Crippen LogP contribution is -2.43. The smallest absolute Gasteiger partial charge is 0.271 e. The molecule has 0 unspecified atom stereocenters. The maximum atomic E-state index is 11.8. The van der Waals surface area contributed by atoms with Crippen molar-refractivity contribution in [3.05, 3.63) is 160 Å². The van der Waals surface area contributed by atoms with Gasteiger partial charge in [-0.15, -0.1) is 0 Å². The van der Waals surface area contributed by atoms with E-state index in [2.05, 4.69) is 58.1 Å². The molecule has 1 aliphatic rings. The Morgan fingerprint density at radius 3 is 1.70 bits per heavy atom. The van der Waals surface area contributed by atoms with Gasteiger partial charge in [-0.3, -0.25) is 55.1 Å². The van der Waals surface area contributed by atoms with Crippen LogP contribution in [0.2, 0.25) is 10.0 Å². The van der Waals surface area contributed by atoms with Crippen molar-refractivity contribution >= 4 is 52.7 Å². The van der Waals surface area contributed by atoms with Crippen LogP contribution in [-0.4, -0.2) is 109 Å². The first-order valence-electron chi connectivity index (χ1n) is 22.2. The molecule has 0 aliphatic carbocycles. The predicted octanol–water partition coefficient (Wildman–Crippen LogP) is 4.90. The Kier molecular flexibility index (Phi) is 27.9. The summed E-state index contributed by atoms with van der Waals surface area (Å²) < 4.78 is 10.5. The highest BCUT2D eigenvalue weighted by Gasteiger charge is 2.11. The lowest BCUT2D eigenvalue weighted by atomic mass is 10.2. The molecular weight excluding hydrogens is 926 g/mol. The van der Waals surface area contributed by atoms with Crippen LogP contribution in [-0.2, 0) is 20.9 Å². The summed E-state index contributed by atoms with van der Waals surface area (Å²) in [5.74, 6) is -0.134. The number of halogens is 2. The molecule has 0 saturated carbocycles. The van der Waals surface area contributed by atoms with E-state index in [1.54, 1.807) is 97.6 Å². The molecule has 0 bridgehead atoms. The van der Waals surface area contributed by atoms with Gasteiger partial charge in [-0.25, -0.2) is 16.3 Å². The first-order valence-corrected chi connectivity index (χ1v) is 23.0. The third-order valence-electron chi connectivity index (χ3n) is 8.98. The van der Waals surface area contributed by atoms with Crippen LogP contribution >= 0.6 is 23.2 Å². The molecule has 370 valence electrons. The van der Waals surface area contributed by atoms with Crippen LogP contribution in [0.4, 0.5) is 0 Å². The molecule has 0 atom stereocenters. The minimum atomic E-state index is -0.257. The van der Waals surface area contributed by atoms with Gasteiger partial charge in [0.25, 0.3) is 23.6 Å². The number of hydrogen-bond donors (Lipinski definition) is 8. The number of carbonyl (C=O) groups excluding carboxylic acids is 5. The quantitative estimate of drug-likeness (QED) is 0.0408. The third-order valence-corrected chi connectivity index (χ3v) is 9.48. The summed E-state index contributed by atoms with van der Waals surface area (Å²) in [6, 6.07) is 30.4. The van der Waals surface area contributed by atoms with Gasteiger partial charge in [-0.2, -0.15) is 0 Å². The zero-order chi connectivity index (χ0) is 50.1. The standard InChI is InChI=1S/C16H18N4O2.C13H17ClN2O2.C11H15ClN2O2.C9H13N3O/c21-15(18-12-13-4-2-1-3-5-13)8-11-19-20-16(22)14-6-9-17-10-7-14;14-12-3-1-11(2-4-12)13(17)15-5-6-16-7-9-18-10-8-16;1-8(2)13-14-11(15)7-16-10-5-3-9(12)4-6-10;1-7(2)11-12-9(13)8-3-5-10-6-4-8/h1-7,9-10,19H,8,11-12H2,(H,18,21)(H,20,22);1-4H,5-10H2,(H,15,17);3-6,8,13H,7H2,1-2H3,(H,14,15);3-7,11H,1-2H3,(H,12,13). The summed E-state index contributed by atoms with van der Waals surface area (Å²) >= 11 is 11.5. The fourth-order valence-electron chi connectivity index (χ4n) is 5.36. The minimum absolute atomic E-state index is 0.0264. The summed E-state index contributed by atoms with van der Waals surface area (Å²) in [4.78, 5) is 67.7. The number of morpholine rings is 1. The molecule has 1 fully saturated rings. The molecule has 5 amide bonds. The van der Waals surface area contributed by atoms with Crippen LogP contribution < -0.4 is 47.9 Å². The Bertz CT molecular complexity index is 2230. The summed E-state index contributed by atoms with van der Waals surface area (Å²) in [6.07, 6.45) is 6.55.